The van der Waals surface area contributed by atoms with Crippen LogP contribution in [-0.4, -0.2) is 60.5 Å². The van der Waals surface area contributed by atoms with Crippen molar-refractivity contribution in [2.75, 3.05) is 20.1 Å². The summed E-state index contributed by atoms with van der Waals surface area (Å²) in [6, 6.07) is -0.0729. The van der Waals surface area contributed by atoms with Gasteiger partial charge in [-0.3, -0.25) is 0 Å². The molecule has 0 heterocycles. The van der Waals surface area contributed by atoms with Crippen LogP contribution in [0.3, 0.4) is 0 Å². The fourth-order valence-corrected chi connectivity index (χ4v) is 1.69. The van der Waals surface area contributed by atoms with Crippen molar-refractivity contribution >= 4 is 12.2 Å². The highest BCUT2D eigenvalue weighted by Crippen LogP contribution is 2.09. The van der Waals surface area contributed by atoms with Crippen LogP contribution in [0.5, 0.6) is 0 Å². The molecule has 0 rings (SSSR count). The van der Waals surface area contributed by atoms with Crippen LogP contribution in [0.1, 0.15) is 55.4 Å². The van der Waals surface area contributed by atoms with E-state index in [-0.39, 0.29) is 18.2 Å². The second-order valence-electron chi connectivity index (χ2n) is 8.08. The number of carbonyl (C=O) groups is 2. The summed E-state index contributed by atoms with van der Waals surface area (Å²) in [6.45, 7) is 16.0. The lowest BCUT2D eigenvalue weighted by molar-refractivity contribution is 0.0299. The second-order valence-corrected chi connectivity index (χ2v) is 8.08. The van der Waals surface area contributed by atoms with E-state index < -0.39 is 17.3 Å². The molecule has 0 aromatic rings. The van der Waals surface area contributed by atoms with Crippen LogP contribution in [0.2, 0.25) is 0 Å². The van der Waals surface area contributed by atoms with Crippen molar-refractivity contribution in [2.45, 2.75) is 78.7 Å². The molecule has 0 radical (unpaired) electrons. The van der Waals surface area contributed by atoms with Gasteiger partial charge in [0.1, 0.15) is 11.2 Å². The van der Waals surface area contributed by atoms with Gasteiger partial charge in [-0.25, -0.2) is 9.59 Å². The zero-order valence-corrected chi connectivity index (χ0v) is 16.6. The van der Waals surface area contributed by atoms with E-state index in [1.165, 1.54) is 4.90 Å². The van der Waals surface area contributed by atoms with Gasteiger partial charge in [-0.2, -0.15) is 0 Å². The predicted octanol–water partition coefficient (Wildman–Crippen LogP) is 2.74. The lowest BCUT2D eigenvalue weighted by Crippen LogP contribution is -2.49. The maximum Gasteiger partial charge on any atom is 0.410 e. The monoisotopic (exact) mass is 345 g/mol. The quantitative estimate of drug-likeness (QED) is 0.774. The number of ether oxygens (including phenoxy) is 2. The summed E-state index contributed by atoms with van der Waals surface area (Å²) < 4.78 is 10.5. The third kappa shape index (κ3) is 11.1. The van der Waals surface area contributed by atoms with Crippen LogP contribution >= 0.6 is 0 Å². The molecule has 0 aromatic carbocycles. The number of likely N-dealkylation sites (N-methyl/N-ethyl adjacent to an activating group) is 1. The number of rotatable bonds is 6. The topological polar surface area (TPSA) is 79.9 Å². The van der Waals surface area contributed by atoms with Gasteiger partial charge in [0.25, 0.3) is 0 Å². The highest BCUT2D eigenvalue weighted by atomic mass is 16.6. The van der Waals surface area contributed by atoms with E-state index in [1.807, 2.05) is 55.4 Å². The normalized spacial score (nSPS) is 14.5. The molecule has 0 spiro atoms. The number of alkyl carbamates (subject to hydrolysis) is 1. The van der Waals surface area contributed by atoms with Gasteiger partial charge >= 0.3 is 12.2 Å². The smallest absolute Gasteiger partial charge is 0.410 e. The Kier molecular flexibility index (Phi) is 8.54. The van der Waals surface area contributed by atoms with E-state index in [1.54, 1.807) is 7.05 Å². The summed E-state index contributed by atoms with van der Waals surface area (Å²) >= 11 is 0. The lowest BCUT2D eigenvalue weighted by atomic mass is 10.1. The van der Waals surface area contributed by atoms with Crippen molar-refractivity contribution in [3.8, 4) is 0 Å². The van der Waals surface area contributed by atoms with Crippen LogP contribution in [0.25, 0.3) is 0 Å². The number of hydrogen-bond acceptors (Lipinski definition) is 5. The molecular formula is C17H35N3O4. The van der Waals surface area contributed by atoms with Gasteiger partial charge in [-0.05, 0) is 55.4 Å². The van der Waals surface area contributed by atoms with Crippen molar-refractivity contribution in [2.24, 2.45) is 0 Å². The fourth-order valence-electron chi connectivity index (χ4n) is 1.69. The summed E-state index contributed by atoms with van der Waals surface area (Å²) in [4.78, 5) is 25.1. The molecule has 24 heavy (non-hydrogen) atoms. The molecule has 2 unspecified atom stereocenters. The Labute approximate surface area is 146 Å². The molecule has 0 fully saturated rings. The molecule has 2 amide bonds. The standard InChI is InChI=1S/C17H35N3O4/c1-12(13(2)19-14(21)23-16(3,4)5)18-10-11-20(9)15(22)24-17(6,7)8/h12-13,18H,10-11H2,1-9H3,(H,19,21). The maximum absolute atomic E-state index is 11.8. The van der Waals surface area contributed by atoms with Gasteiger partial charge in [-0.15, -0.1) is 0 Å². The van der Waals surface area contributed by atoms with Crippen LogP contribution in [-0.2, 0) is 9.47 Å². The SMILES string of the molecule is CC(NCCN(C)C(=O)OC(C)(C)C)C(C)NC(=O)OC(C)(C)C. The summed E-state index contributed by atoms with van der Waals surface area (Å²) in [5.74, 6) is 0. The number of nitrogens with one attached hydrogen (secondary N) is 2. The minimum atomic E-state index is -0.517. The van der Waals surface area contributed by atoms with Gasteiger partial charge in [0.15, 0.2) is 0 Å². The molecule has 0 saturated carbocycles. The molecule has 0 aliphatic heterocycles. The number of nitrogens with zero attached hydrogens (tertiary/aromatic N) is 1. The summed E-state index contributed by atoms with van der Waals surface area (Å²) in [6.07, 6.45) is -0.786. The maximum atomic E-state index is 11.8. The van der Waals surface area contributed by atoms with Gasteiger partial charge in [0.2, 0.25) is 0 Å². The molecule has 7 heteroatoms. The largest absolute Gasteiger partial charge is 0.444 e. The third-order valence-corrected chi connectivity index (χ3v) is 3.11. The Morgan fingerprint density at radius 3 is 1.92 bits per heavy atom. The minimum absolute atomic E-state index is 0.0320. The molecule has 2 atom stereocenters. The first kappa shape index (κ1) is 22.5. The van der Waals surface area contributed by atoms with Crippen molar-refractivity contribution in [3.63, 3.8) is 0 Å². The highest BCUT2D eigenvalue weighted by molar-refractivity contribution is 5.68. The number of carbonyl (C=O) groups excluding carboxylic acids is 2. The van der Waals surface area contributed by atoms with Gasteiger partial charge in [0.05, 0.1) is 0 Å². The summed E-state index contributed by atoms with van der Waals surface area (Å²) in [7, 11) is 1.70. The van der Waals surface area contributed by atoms with Crippen molar-refractivity contribution in [1.29, 1.82) is 0 Å². The van der Waals surface area contributed by atoms with Gasteiger partial charge in [-0.1, -0.05) is 0 Å². The van der Waals surface area contributed by atoms with E-state index >= 15 is 0 Å². The van der Waals surface area contributed by atoms with Crippen LogP contribution < -0.4 is 10.6 Å². The second kappa shape index (κ2) is 9.11. The Balaban J connectivity index is 4.14. The first-order valence-corrected chi connectivity index (χ1v) is 8.38. The molecular weight excluding hydrogens is 310 g/mol. The molecule has 2 N–H and O–H groups in total. The molecule has 0 saturated heterocycles. The van der Waals surface area contributed by atoms with Crippen LogP contribution in [0, 0.1) is 0 Å². The molecule has 0 aromatic heterocycles. The summed E-state index contributed by atoms with van der Waals surface area (Å²) in [5, 5.41) is 6.08. The van der Waals surface area contributed by atoms with Crippen LogP contribution in [0.4, 0.5) is 9.59 Å². The predicted molar refractivity (Wildman–Crippen MR) is 95.2 cm³/mol. The summed E-state index contributed by atoms with van der Waals surface area (Å²) in [5.41, 5.74) is -1.02. The molecule has 0 aliphatic carbocycles. The average Bonchev–Trinajstić information content (AvgIpc) is 2.33. The Bertz CT molecular complexity index is 413. The number of amides is 2. The average molecular weight is 345 g/mol. The molecule has 0 aliphatic rings. The van der Waals surface area contributed by atoms with E-state index in [2.05, 4.69) is 10.6 Å². The fraction of sp³-hybridized carbons (Fsp3) is 0.882. The lowest BCUT2D eigenvalue weighted by Gasteiger charge is -2.27. The first-order chi connectivity index (χ1) is 10.7. The third-order valence-electron chi connectivity index (χ3n) is 3.11. The Morgan fingerprint density at radius 1 is 0.958 bits per heavy atom. The molecule has 7 nitrogen and oxygen atoms in total. The molecule has 0 bridgehead atoms. The van der Waals surface area contributed by atoms with E-state index in [0.717, 1.165) is 0 Å². The molecule has 142 valence electrons. The Morgan fingerprint density at radius 2 is 1.46 bits per heavy atom. The van der Waals surface area contributed by atoms with Crippen molar-refractivity contribution < 1.29 is 19.1 Å². The van der Waals surface area contributed by atoms with Crippen molar-refractivity contribution in [1.82, 2.24) is 15.5 Å². The first-order valence-electron chi connectivity index (χ1n) is 8.38. The number of hydrogen-bond donors (Lipinski definition) is 2. The van der Waals surface area contributed by atoms with Crippen LogP contribution in [0.15, 0.2) is 0 Å². The van der Waals surface area contributed by atoms with E-state index in [0.29, 0.717) is 13.1 Å². The van der Waals surface area contributed by atoms with Gasteiger partial charge < -0.3 is 25.0 Å². The highest BCUT2D eigenvalue weighted by Gasteiger charge is 2.21. The Hall–Kier alpha value is -1.50. The van der Waals surface area contributed by atoms with Crippen molar-refractivity contribution in [3.05, 3.63) is 0 Å². The zero-order chi connectivity index (χ0) is 19.1. The van der Waals surface area contributed by atoms with E-state index in [4.69, 9.17) is 9.47 Å². The van der Waals surface area contributed by atoms with Gasteiger partial charge in [0, 0.05) is 32.2 Å². The zero-order valence-electron chi connectivity index (χ0n) is 16.6. The minimum Gasteiger partial charge on any atom is -0.444 e. The van der Waals surface area contributed by atoms with E-state index in [9.17, 15) is 9.59 Å².